The van der Waals surface area contributed by atoms with E-state index in [0.717, 1.165) is 0 Å². The molecule has 1 fully saturated rings. The Morgan fingerprint density at radius 2 is 1.67 bits per heavy atom. The van der Waals surface area contributed by atoms with Crippen LogP contribution < -0.4 is 4.89 Å². The summed E-state index contributed by atoms with van der Waals surface area (Å²) in [5.74, 6) is 0. The number of hydrogen-bond acceptors (Lipinski definition) is 4. The lowest BCUT2D eigenvalue weighted by molar-refractivity contribution is 0.214. The monoisotopic (exact) mass is 153 g/mol. The van der Waals surface area contributed by atoms with Crippen molar-refractivity contribution in [3.63, 3.8) is 0 Å². The number of carboxylic acid groups (broad SMARTS) is 2. The Morgan fingerprint density at radius 1 is 1.33 bits per heavy atom. The van der Waals surface area contributed by atoms with Crippen LogP contribution >= 0.6 is 10.5 Å². The highest BCUT2D eigenvalue weighted by Gasteiger charge is 2.56. The summed E-state index contributed by atoms with van der Waals surface area (Å²) >= 11 is 0. The molecule has 0 unspecified atom stereocenters. The van der Waals surface area contributed by atoms with E-state index in [0.29, 0.717) is 0 Å². The van der Waals surface area contributed by atoms with E-state index in [9.17, 15) is 9.59 Å². The largest absolute Gasteiger partial charge is 0.471 e. The van der Waals surface area contributed by atoms with E-state index in [1.165, 1.54) is 0 Å². The molecule has 0 spiro atoms. The Kier molecular flexibility index (Phi) is 1.12. The van der Waals surface area contributed by atoms with Crippen LogP contribution in [0.15, 0.2) is 0 Å². The van der Waals surface area contributed by atoms with Crippen LogP contribution in [0.25, 0.3) is 0 Å². The van der Waals surface area contributed by atoms with E-state index in [2.05, 4.69) is 4.28 Å². The van der Waals surface area contributed by atoms with Crippen molar-refractivity contribution < 1.29 is 24.1 Å². The summed E-state index contributed by atoms with van der Waals surface area (Å²) in [6, 6.07) is 0. The molecule has 1 heterocycles. The van der Waals surface area contributed by atoms with E-state index in [1.54, 1.807) is 0 Å². The minimum Gasteiger partial charge on any atom is -0.471 e. The first kappa shape index (κ1) is 6.33. The molecule has 9 heavy (non-hydrogen) atoms. The topological polar surface area (TPSA) is 109 Å². The number of hydrogen-bond donors (Lipinski definition) is 3. The minimum atomic E-state index is -2.98. The molecule has 1 aliphatic heterocycles. The van der Waals surface area contributed by atoms with Crippen molar-refractivity contribution in [1.82, 2.24) is 4.89 Å². The average Bonchev–Trinajstić information content (AvgIpc) is 2.40. The van der Waals surface area contributed by atoms with Crippen LogP contribution in [-0.4, -0.2) is 20.8 Å². The van der Waals surface area contributed by atoms with Crippen molar-refractivity contribution >= 4 is 21.1 Å². The Labute approximate surface area is 51.0 Å². The van der Waals surface area contributed by atoms with Gasteiger partial charge in [-0.3, -0.25) is 0 Å². The van der Waals surface area contributed by atoms with Crippen LogP contribution in [0.2, 0.25) is 0 Å². The standard InChI is InChI=1S/C2H3NO5S/c4-1(5)9(2(6)7)3-8-9/h3H,(H,4,5)(H,6,7). The molecule has 0 aliphatic carbocycles. The van der Waals surface area contributed by atoms with Crippen LogP contribution in [0.1, 0.15) is 0 Å². The minimum absolute atomic E-state index is 1.46. The van der Waals surface area contributed by atoms with Gasteiger partial charge in [0.1, 0.15) is 0 Å². The maximum absolute atomic E-state index is 9.99. The van der Waals surface area contributed by atoms with Crippen molar-refractivity contribution in [2.75, 3.05) is 0 Å². The SMILES string of the molecule is O=C(O)S1(C(=O)O)NO1. The molecule has 1 saturated heterocycles. The van der Waals surface area contributed by atoms with Gasteiger partial charge in [-0.25, -0.2) is 13.9 Å². The van der Waals surface area contributed by atoms with Crippen LogP contribution in [0.3, 0.4) is 0 Å². The fraction of sp³-hybridized carbons (Fsp3) is 0. The van der Waals surface area contributed by atoms with Gasteiger partial charge in [0.05, 0.1) is 0 Å². The van der Waals surface area contributed by atoms with Gasteiger partial charge in [0.15, 0.2) is 10.5 Å². The summed E-state index contributed by atoms with van der Waals surface area (Å²) in [6.45, 7) is 0. The molecule has 7 heteroatoms. The molecule has 0 aromatic carbocycles. The van der Waals surface area contributed by atoms with E-state index in [4.69, 9.17) is 10.2 Å². The van der Waals surface area contributed by atoms with Crippen molar-refractivity contribution in [2.45, 2.75) is 0 Å². The predicted octanol–water partition coefficient (Wildman–Crippen LogP) is 0.512. The lowest BCUT2D eigenvalue weighted by atomic mass is 11.6. The van der Waals surface area contributed by atoms with Gasteiger partial charge < -0.3 is 10.2 Å². The molecule has 52 valence electrons. The smallest absolute Gasteiger partial charge is 0.397 e. The molecule has 0 aromatic heterocycles. The highest BCUT2D eigenvalue weighted by atomic mass is 32.3. The van der Waals surface area contributed by atoms with Gasteiger partial charge in [-0.05, 0) is 0 Å². The molecule has 0 saturated carbocycles. The lowest BCUT2D eigenvalue weighted by Crippen LogP contribution is -2.07. The van der Waals surface area contributed by atoms with E-state index in [-0.39, 0.29) is 0 Å². The first-order chi connectivity index (χ1) is 4.09. The van der Waals surface area contributed by atoms with Crippen LogP contribution in [0, 0.1) is 0 Å². The molecule has 0 atom stereocenters. The second kappa shape index (κ2) is 1.59. The highest BCUT2D eigenvalue weighted by molar-refractivity contribution is 8.53. The molecule has 1 aliphatic rings. The zero-order valence-corrected chi connectivity index (χ0v) is 4.84. The van der Waals surface area contributed by atoms with Crippen LogP contribution in [0.5, 0.6) is 0 Å². The Balaban J connectivity index is 2.75. The van der Waals surface area contributed by atoms with Gasteiger partial charge >= 0.3 is 10.6 Å². The summed E-state index contributed by atoms with van der Waals surface area (Å²) in [6.07, 6.45) is 0. The van der Waals surface area contributed by atoms with Gasteiger partial charge in [0, 0.05) is 0 Å². The second-order valence-electron chi connectivity index (χ2n) is 1.25. The summed E-state index contributed by atoms with van der Waals surface area (Å²) in [5, 5.41) is 13.4. The predicted molar refractivity (Wildman–Crippen MR) is 27.9 cm³/mol. The first-order valence-corrected chi connectivity index (χ1v) is 3.40. The highest BCUT2D eigenvalue weighted by Crippen LogP contribution is 2.57. The van der Waals surface area contributed by atoms with E-state index in [1.807, 2.05) is 4.89 Å². The fourth-order valence-corrected chi connectivity index (χ4v) is 0.958. The fourth-order valence-electron chi connectivity index (χ4n) is 0.251. The van der Waals surface area contributed by atoms with Gasteiger partial charge in [-0.1, -0.05) is 0 Å². The van der Waals surface area contributed by atoms with Crippen molar-refractivity contribution in [3.8, 4) is 0 Å². The summed E-state index contributed by atoms with van der Waals surface area (Å²) < 4.78 is 4.05. The molecule has 0 aromatic rings. The summed E-state index contributed by atoms with van der Waals surface area (Å²) in [5.41, 5.74) is 0. The van der Waals surface area contributed by atoms with Crippen molar-refractivity contribution in [3.05, 3.63) is 0 Å². The lowest BCUT2D eigenvalue weighted by Gasteiger charge is -1.97. The first-order valence-electron chi connectivity index (χ1n) is 1.84. The van der Waals surface area contributed by atoms with E-state index >= 15 is 0 Å². The molecule has 0 radical (unpaired) electrons. The van der Waals surface area contributed by atoms with Crippen molar-refractivity contribution in [1.29, 1.82) is 0 Å². The maximum Gasteiger partial charge on any atom is 0.397 e. The van der Waals surface area contributed by atoms with E-state index < -0.39 is 21.1 Å². The Bertz CT molecular complexity index is 158. The average molecular weight is 153 g/mol. The van der Waals surface area contributed by atoms with Crippen molar-refractivity contribution in [2.24, 2.45) is 0 Å². The zero-order valence-electron chi connectivity index (χ0n) is 4.03. The third-order valence-corrected chi connectivity index (χ3v) is 2.23. The molecule has 0 bridgehead atoms. The van der Waals surface area contributed by atoms with Gasteiger partial charge in [0.25, 0.3) is 0 Å². The van der Waals surface area contributed by atoms with Crippen LogP contribution in [0.4, 0.5) is 9.59 Å². The third kappa shape index (κ3) is 0.745. The number of carbonyl (C=O) groups is 2. The molecular formula is C2H3NO5S. The Hall–Kier alpha value is -0.790. The Morgan fingerprint density at radius 3 is 1.67 bits per heavy atom. The number of nitrogens with one attached hydrogen (secondary N) is 1. The zero-order chi connectivity index (χ0) is 7.07. The molecule has 1 rings (SSSR count). The second-order valence-corrected chi connectivity index (χ2v) is 3.40. The molecule has 6 nitrogen and oxygen atoms in total. The van der Waals surface area contributed by atoms with Gasteiger partial charge in [-0.2, -0.15) is 0 Å². The maximum atomic E-state index is 9.99. The summed E-state index contributed by atoms with van der Waals surface area (Å²) in [4.78, 5) is 21.8. The molecule has 0 amide bonds. The molecular weight excluding hydrogens is 150 g/mol. The molecule has 3 N–H and O–H groups in total. The quantitative estimate of drug-likeness (QED) is 0.437. The summed E-state index contributed by atoms with van der Waals surface area (Å²) in [7, 11) is -2.98. The third-order valence-electron chi connectivity index (χ3n) is 0.742. The normalized spacial score (nSPS) is 24.4. The number of rotatable bonds is 0. The van der Waals surface area contributed by atoms with Gasteiger partial charge in [0.2, 0.25) is 0 Å². The van der Waals surface area contributed by atoms with Crippen LogP contribution in [-0.2, 0) is 4.28 Å². The van der Waals surface area contributed by atoms with Gasteiger partial charge in [-0.15, -0.1) is 4.89 Å².